The number of halogens is 3. The number of aromatic nitrogens is 4. The van der Waals surface area contributed by atoms with Crippen LogP contribution in [0.1, 0.15) is 18.1 Å². The number of hydrogen-bond acceptors (Lipinski definition) is 4. The van der Waals surface area contributed by atoms with Gasteiger partial charge in [-0.2, -0.15) is 13.2 Å². The van der Waals surface area contributed by atoms with Gasteiger partial charge in [0.2, 0.25) is 0 Å². The molecule has 4 rings (SSSR count). The third-order valence-electron chi connectivity index (χ3n) is 5.18. The van der Waals surface area contributed by atoms with E-state index in [-0.39, 0.29) is 24.3 Å². The van der Waals surface area contributed by atoms with Gasteiger partial charge in [-0.1, -0.05) is 24.3 Å². The van der Waals surface area contributed by atoms with Gasteiger partial charge in [0.25, 0.3) is 5.56 Å². The van der Waals surface area contributed by atoms with Crippen LogP contribution in [0.15, 0.2) is 64.4 Å². The molecule has 0 aliphatic carbocycles. The van der Waals surface area contributed by atoms with Crippen LogP contribution < -0.4 is 16.0 Å². The van der Waals surface area contributed by atoms with E-state index in [0.717, 1.165) is 16.7 Å². The summed E-state index contributed by atoms with van der Waals surface area (Å²) in [6.45, 7) is 1.92. The molecule has 0 aliphatic rings. The van der Waals surface area contributed by atoms with E-state index in [1.165, 1.54) is 34.7 Å². The minimum absolute atomic E-state index is 0.109. The highest BCUT2D eigenvalue weighted by atomic mass is 19.4. The molecule has 10 heteroatoms. The summed E-state index contributed by atoms with van der Waals surface area (Å²) in [5.41, 5.74) is -0.562. The van der Waals surface area contributed by atoms with Crippen molar-refractivity contribution in [1.82, 2.24) is 18.7 Å². The third-order valence-corrected chi connectivity index (χ3v) is 5.18. The molecular formula is C22H19F3N4O3. The molecule has 4 aromatic rings. The fraction of sp³-hybridized carbons (Fsp3) is 0.227. The summed E-state index contributed by atoms with van der Waals surface area (Å²) in [4.78, 5) is 30.5. The fourth-order valence-electron chi connectivity index (χ4n) is 3.61. The maximum absolute atomic E-state index is 13.1. The van der Waals surface area contributed by atoms with Crippen molar-refractivity contribution >= 4 is 11.2 Å². The van der Waals surface area contributed by atoms with Crippen molar-refractivity contribution in [2.75, 3.05) is 7.11 Å². The van der Waals surface area contributed by atoms with Gasteiger partial charge >= 0.3 is 11.9 Å². The number of imidazole rings is 1. The number of para-hydroxylation sites is 2. The second-order valence-corrected chi connectivity index (χ2v) is 7.08. The minimum Gasteiger partial charge on any atom is -0.495 e. The molecule has 0 spiro atoms. The van der Waals surface area contributed by atoms with Gasteiger partial charge in [-0.15, -0.1) is 0 Å². The van der Waals surface area contributed by atoms with E-state index in [2.05, 4.69) is 4.98 Å². The zero-order valence-electron chi connectivity index (χ0n) is 17.3. The highest BCUT2D eigenvalue weighted by Crippen LogP contribution is 2.29. The zero-order chi connectivity index (χ0) is 23.0. The summed E-state index contributed by atoms with van der Waals surface area (Å²) < 4.78 is 47.8. The molecule has 0 bridgehead atoms. The molecule has 32 heavy (non-hydrogen) atoms. The van der Waals surface area contributed by atoms with Crippen LogP contribution in [0.4, 0.5) is 13.2 Å². The molecule has 0 fully saturated rings. The van der Waals surface area contributed by atoms with Gasteiger partial charge in [0, 0.05) is 13.1 Å². The summed E-state index contributed by atoms with van der Waals surface area (Å²) in [5, 5.41) is 0. The highest BCUT2D eigenvalue weighted by molar-refractivity contribution is 5.73. The Morgan fingerprint density at radius 1 is 1.03 bits per heavy atom. The molecule has 0 saturated heterocycles. The van der Waals surface area contributed by atoms with Gasteiger partial charge in [0.15, 0.2) is 11.2 Å². The van der Waals surface area contributed by atoms with Crippen LogP contribution in [0, 0.1) is 0 Å². The SMILES string of the molecule is CCn1c(=O)c2c(ncn2Cc2ccc(C(F)(F)F)cc2)n(-c2ccccc2OC)c1=O. The van der Waals surface area contributed by atoms with Gasteiger partial charge in [-0.3, -0.25) is 9.36 Å². The average molecular weight is 444 g/mol. The van der Waals surface area contributed by atoms with Crippen LogP contribution in [-0.2, 0) is 19.3 Å². The monoisotopic (exact) mass is 444 g/mol. The minimum atomic E-state index is -4.43. The number of hydrogen-bond donors (Lipinski definition) is 0. The smallest absolute Gasteiger partial charge is 0.416 e. The van der Waals surface area contributed by atoms with E-state index in [9.17, 15) is 22.8 Å². The second-order valence-electron chi connectivity index (χ2n) is 7.08. The van der Waals surface area contributed by atoms with E-state index in [1.807, 2.05) is 0 Å². The molecule has 0 N–H and O–H groups in total. The first-order chi connectivity index (χ1) is 15.3. The van der Waals surface area contributed by atoms with Crippen LogP contribution in [0.5, 0.6) is 5.75 Å². The maximum atomic E-state index is 13.1. The Balaban J connectivity index is 1.90. The molecule has 0 aliphatic heterocycles. The summed E-state index contributed by atoms with van der Waals surface area (Å²) >= 11 is 0. The Morgan fingerprint density at radius 2 is 1.72 bits per heavy atom. The molecule has 7 nitrogen and oxygen atoms in total. The Morgan fingerprint density at radius 3 is 2.34 bits per heavy atom. The standard InChI is InChI=1S/C22H19F3N4O3/c1-3-28-20(30)18-19(29(21(28)31)16-6-4-5-7-17(16)32-2)26-13-27(18)12-14-8-10-15(11-9-14)22(23,24)25/h4-11,13H,3,12H2,1-2H3. The van der Waals surface area contributed by atoms with Crippen LogP contribution in [-0.4, -0.2) is 25.8 Å². The normalized spacial score (nSPS) is 11.8. The molecule has 0 saturated carbocycles. The van der Waals surface area contributed by atoms with Gasteiger partial charge in [-0.05, 0) is 36.8 Å². The van der Waals surface area contributed by atoms with Crippen LogP contribution in [0.3, 0.4) is 0 Å². The summed E-state index contributed by atoms with van der Waals surface area (Å²) in [6.07, 6.45) is -3.03. The van der Waals surface area contributed by atoms with E-state index in [0.29, 0.717) is 17.0 Å². The summed E-state index contributed by atoms with van der Waals surface area (Å²) in [6, 6.07) is 11.5. The number of nitrogens with zero attached hydrogens (tertiary/aromatic N) is 4. The lowest BCUT2D eigenvalue weighted by atomic mass is 10.1. The number of fused-ring (bicyclic) bond motifs is 1. The Bertz CT molecular complexity index is 1400. The van der Waals surface area contributed by atoms with Gasteiger partial charge in [0.05, 0.1) is 24.7 Å². The molecule has 2 heterocycles. The molecule has 2 aromatic heterocycles. The second kappa shape index (κ2) is 8.03. The highest BCUT2D eigenvalue weighted by Gasteiger charge is 2.30. The van der Waals surface area contributed by atoms with E-state index >= 15 is 0 Å². The van der Waals surface area contributed by atoms with Crippen molar-refractivity contribution in [3.63, 3.8) is 0 Å². The first-order valence-electron chi connectivity index (χ1n) is 9.76. The molecule has 0 radical (unpaired) electrons. The first-order valence-corrected chi connectivity index (χ1v) is 9.76. The third kappa shape index (κ3) is 3.57. The zero-order valence-corrected chi connectivity index (χ0v) is 17.3. The Labute approximate surface area is 179 Å². The molecule has 0 atom stereocenters. The largest absolute Gasteiger partial charge is 0.495 e. The van der Waals surface area contributed by atoms with E-state index < -0.39 is 23.0 Å². The fourth-order valence-corrected chi connectivity index (χ4v) is 3.61. The lowest BCUT2D eigenvalue weighted by molar-refractivity contribution is -0.137. The first kappa shape index (κ1) is 21.4. The number of benzene rings is 2. The van der Waals surface area contributed by atoms with Gasteiger partial charge < -0.3 is 9.30 Å². The lowest BCUT2D eigenvalue weighted by Crippen LogP contribution is -2.39. The Kier molecular flexibility index (Phi) is 5.37. The van der Waals surface area contributed by atoms with Crippen LogP contribution in [0.25, 0.3) is 16.9 Å². The average Bonchev–Trinajstić information content (AvgIpc) is 3.17. The molecule has 166 valence electrons. The van der Waals surface area contributed by atoms with Crippen LogP contribution >= 0.6 is 0 Å². The lowest BCUT2D eigenvalue weighted by Gasteiger charge is -2.14. The summed E-state index contributed by atoms with van der Waals surface area (Å²) in [5.74, 6) is 0.425. The molecular weight excluding hydrogens is 425 g/mol. The van der Waals surface area contributed by atoms with Crippen molar-refractivity contribution in [1.29, 1.82) is 0 Å². The van der Waals surface area contributed by atoms with Gasteiger partial charge in [0.1, 0.15) is 5.75 Å². The quantitative estimate of drug-likeness (QED) is 0.473. The summed E-state index contributed by atoms with van der Waals surface area (Å²) in [7, 11) is 1.47. The topological polar surface area (TPSA) is 71.1 Å². The predicted molar refractivity (Wildman–Crippen MR) is 112 cm³/mol. The van der Waals surface area contributed by atoms with E-state index in [4.69, 9.17) is 4.74 Å². The molecule has 0 unspecified atom stereocenters. The van der Waals surface area contributed by atoms with Crippen molar-refractivity contribution < 1.29 is 17.9 Å². The number of methoxy groups -OCH3 is 1. The Hall–Kier alpha value is -3.82. The van der Waals surface area contributed by atoms with Crippen molar-refractivity contribution in [2.24, 2.45) is 0 Å². The number of rotatable bonds is 5. The van der Waals surface area contributed by atoms with Crippen molar-refractivity contribution in [3.05, 3.63) is 86.8 Å². The number of alkyl halides is 3. The molecule has 0 amide bonds. The number of ether oxygens (including phenoxy) is 1. The predicted octanol–water partition coefficient (Wildman–Crippen LogP) is 3.44. The molecule has 2 aromatic carbocycles. The van der Waals surface area contributed by atoms with E-state index in [1.54, 1.807) is 31.2 Å². The maximum Gasteiger partial charge on any atom is 0.416 e. The van der Waals surface area contributed by atoms with Crippen molar-refractivity contribution in [2.45, 2.75) is 26.2 Å². The van der Waals surface area contributed by atoms with Crippen molar-refractivity contribution in [3.8, 4) is 11.4 Å². The van der Waals surface area contributed by atoms with Gasteiger partial charge in [-0.25, -0.2) is 14.3 Å². The van der Waals surface area contributed by atoms with Crippen LogP contribution in [0.2, 0.25) is 0 Å².